The summed E-state index contributed by atoms with van der Waals surface area (Å²) in [6.07, 6.45) is 0. The van der Waals surface area contributed by atoms with Gasteiger partial charge in [0.2, 0.25) is 0 Å². The molecule has 0 unspecified atom stereocenters. The van der Waals surface area contributed by atoms with Crippen LogP contribution in [0.5, 0.6) is 0 Å². The highest BCUT2D eigenvalue weighted by atomic mass is 16.2. The number of carbonyl (C=O) groups is 1. The van der Waals surface area contributed by atoms with Crippen LogP contribution in [0, 0.1) is 6.92 Å². The molecule has 2 aromatic heterocycles. The highest BCUT2D eigenvalue weighted by Gasteiger charge is 2.13. The lowest BCUT2D eigenvalue weighted by Gasteiger charge is -2.05. The molecule has 7 nitrogen and oxygen atoms in total. The van der Waals surface area contributed by atoms with Gasteiger partial charge in [0, 0.05) is 14.0 Å². The minimum Gasteiger partial charge on any atom is -0.293 e. The minimum atomic E-state index is -0.641. The van der Waals surface area contributed by atoms with E-state index in [9.17, 15) is 14.4 Å². The van der Waals surface area contributed by atoms with E-state index in [1.54, 1.807) is 6.92 Å². The molecule has 0 aliphatic carbocycles. The first-order valence-corrected chi connectivity index (χ1v) is 4.90. The van der Waals surface area contributed by atoms with Crippen LogP contribution in [0.2, 0.25) is 0 Å². The predicted octanol–water partition coefficient (Wildman–Crippen LogP) is -0.472. The molecule has 0 saturated carbocycles. The number of aromatic amines is 1. The van der Waals surface area contributed by atoms with E-state index in [1.165, 1.54) is 18.5 Å². The van der Waals surface area contributed by atoms with Gasteiger partial charge < -0.3 is 0 Å². The molecular weight excluding hydrogens is 224 g/mol. The summed E-state index contributed by atoms with van der Waals surface area (Å²) in [5, 5.41) is 0. The van der Waals surface area contributed by atoms with Gasteiger partial charge in [-0.15, -0.1) is 0 Å². The molecule has 0 aromatic carbocycles. The van der Waals surface area contributed by atoms with Gasteiger partial charge >= 0.3 is 5.69 Å². The maximum Gasteiger partial charge on any atom is 0.329 e. The summed E-state index contributed by atoms with van der Waals surface area (Å²) in [6, 6.07) is 0. The van der Waals surface area contributed by atoms with Gasteiger partial charge in [-0.05, 0) is 6.92 Å². The summed E-state index contributed by atoms with van der Waals surface area (Å²) in [7, 11) is 1.47. The second kappa shape index (κ2) is 3.62. The lowest BCUT2D eigenvalue weighted by Crippen LogP contribution is -2.30. The molecule has 0 spiro atoms. The van der Waals surface area contributed by atoms with Gasteiger partial charge in [0.15, 0.2) is 16.9 Å². The van der Waals surface area contributed by atoms with E-state index in [4.69, 9.17) is 0 Å². The van der Waals surface area contributed by atoms with Gasteiger partial charge in [-0.3, -0.25) is 19.1 Å². The van der Waals surface area contributed by atoms with Gasteiger partial charge in [0.25, 0.3) is 5.56 Å². The summed E-state index contributed by atoms with van der Waals surface area (Å²) < 4.78 is 1.18. The number of hydrogen-bond donors (Lipinski definition) is 1. The van der Waals surface area contributed by atoms with Gasteiger partial charge in [-0.1, -0.05) is 0 Å². The Morgan fingerprint density at radius 2 is 1.94 bits per heavy atom. The van der Waals surface area contributed by atoms with Crippen molar-refractivity contribution in [3.05, 3.63) is 32.2 Å². The number of rotatable bonds is 1. The number of fused-ring (bicyclic) bond motifs is 1. The van der Waals surface area contributed by atoms with E-state index in [-0.39, 0.29) is 22.6 Å². The number of nitrogens with zero attached hydrogens (tertiary/aromatic N) is 3. The Bertz CT molecular complexity index is 742. The molecule has 2 aromatic rings. The largest absolute Gasteiger partial charge is 0.329 e. The lowest BCUT2D eigenvalue weighted by atomic mass is 10.2. The fourth-order valence-corrected chi connectivity index (χ4v) is 1.56. The Labute approximate surface area is 95.1 Å². The first kappa shape index (κ1) is 11.2. The standard InChI is InChI=1S/C10H10N4O3/c1-4-6(5(2)15)12-7-8(11-4)14(3)10(17)13-9(7)16/h1-3H3,(H,13,16,17). The number of aromatic nitrogens is 4. The monoisotopic (exact) mass is 234 g/mol. The third-order valence-electron chi connectivity index (χ3n) is 2.44. The third kappa shape index (κ3) is 1.65. The fraction of sp³-hybridized carbons (Fsp3) is 0.300. The van der Waals surface area contributed by atoms with E-state index >= 15 is 0 Å². The van der Waals surface area contributed by atoms with Crippen LogP contribution >= 0.6 is 0 Å². The van der Waals surface area contributed by atoms with Crippen molar-refractivity contribution < 1.29 is 4.79 Å². The average Bonchev–Trinajstić information content (AvgIpc) is 2.25. The topological polar surface area (TPSA) is 97.7 Å². The first-order chi connectivity index (χ1) is 7.91. The van der Waals surface area contributed by atoms with Crippen molar-refractivity contribution in [3.63, 3.8) is 0 Å². The third-order valence-corrected chi connectivity index (χ3v) is 2.44. The normalized spacial score (nSPS) is 10.8. The van der Waals surface area contributed by atoms with Gasteiger partial charge in [0.1, 0.15) is 5.69 Å². The van der Waals surface area contributed by atoms with Crippen molar-refractivity contribution in [1.82, 2.24) is 19.5 Å². The highest BCUT2D eigenvalue weighted by Crippen LogP contribution is 2.07. The SMILES string of the molecule is CC(=O)c1nc2c(=O)[nH]c(=O)n(C)c2nc1C. The Kier molecular flexibility index (Phi) is 2.38. The van der Waals surface area contributed by atoms with Gasteiger partial charge in [-0.25, -0.2) is 14.8 Å². The number of ketones is 1. The molecule has 0 aliphatic rings. The molecule has 2 rings (SSSR count). The van der Waals surface area contributed by atoms with Crippen molar-refractivity contribution in [2.45, 2.75) is 13.8 Å². The Morgan fingerprint density at radius 3 is 2.53 bits per heavy atom. The Morgan fingerprint density at radius 1 is 1.29 bits per heavy atom. The van der Waals surface area contributed by atoms with E-state index in [0.29, 0.717) is 5.69 Å². The summed E-state index contributed by atoms with van der Waals surface area (Å²) >= 11 is 0. The summed E-state index contributed by atoms with van der Waals surface area (Å²) in [4.78, 5) is 44.3. The number of aryl methyl sites for hydroxylation is 2. The van der Waals surface area contributed by atoms with Crippen LogP contribution in [0.3, 0.4) is 0 Å². The van der Waals surface area contributed by atoms with E-state index < -0.39 is 11.2 Å². The molecule has 1 N–H and O–H groups in total. The zero-order valence-electron chi connectivity index (χ0n) is 9.57. The Hall–Kier alpha value is -2.31. The zero-order chi connectivity index (χ0) is 12.7. The maximum atomic E-state index is 11.6. The van der Waals surface area contributed by atoms with E-state index in [2.05, 4.69) is 15.0 Å². The van der Waals surface area contributed by atoms with Crippen molar-refractivity contribution in [3.8, 4) is 0 Å². The van der Waals surface area contributed by atoms with Crippen molar-refractivity contribution in [2.75, 3.05) is 0 Å². The molecular formula is C10H10N4O3. The van der Waals surface area contributed by atoms with E-state index in [0.717, 1.165) is 0 Å². The summed E-state index contributed by atoms with van der Waals surface area (Å²) in [5.74, 6) is -0.273. The van der Waals surface area contributed by atoms with Crippen LogP contribution in [0.4, 0.5) is 0 Å². The average molecular weight is 234 g/mol. The number of Topliss-reactive ketones (excluding diaryl/α,β-unsaturated/α-hetero) is 1. The van der Waals surface area contributed by atoms with Crippen molar-refractivity contribution in [2.24, 2.45) is 7.05 Å². The van der Waals surface area contributed by atoms with Gasteiger partial charge in [-0.2, -0.15) is 0 Å². The van der Waals surface area contributed by atoms with Crippen molar-refractivity contribution >= 4 is 16.9 Å². The first-order valence-electron chi connectivity index (χ1n) is 4.90. The molecule has 17 heavy (non-hydrogen) atoms. The highest BCUT2D eigenvalue weighted by molar-refractivity contribution is 5.94. The van der Waals surface area contributed by atoms with Crippen molar-refractivity contribution in [1.29, 1.82) is 0 Å². The second-order valence-corrected chi connectivity index (χ2v) is 3.70. The van der Waals surface area contributed by atoms with Crippen LogP contribution in [-0.4, -0.2) is 25.3 Å². The molecule has 88 valence electrons. The fourth-order valence-electron chi connectivity index (χ4n) is 1.56. The second-order valence-electron chi connectivity index (χ2n) is 3.70. The molecule has 0 bridgehead atoms. The smallest absolute Gasteiger partial charge is 0.293 e. The molecule has 0 radical (unpaired) electrons. The number of hydrogen-bond acceptors (Lipinski definition) is 5. The molecule has 0 aliphatic heterocycles. The van der Waals surface area contributed by atoms with Crippen LogP contribution in [0.25, 0.3) is 11.2 Å². The van der Waals surface area contributed by atoms with Crippen LogP contribution in [-0.2, 0) is 7.05 Å². The molecule has 7 heteroatoms. The lowest BCUT2D eigenvalue weighted by molar-refractivity contribution is 0.101. The minimum absolute atomic E-state index is 0.0112. The number of carbonyl (C=O) groups excluding carboxylic acids is 1. The molecule has 2 heterocycles. The molecule has 0 saturated heterocycles. The quantitative estimate of drug-likeness (QED) is 0.672. The Balaban J connectivity index is 3.03. The maximum absolute atomic E-state index is 11.6. The summed E-state index contributed by atoms with van der Waals surface area (Å²) in [6.45, 7) is 2.95. The van der Waals surface area contributed by atoms with E-state index in [1.807, 2.05) is 0 Å². The molecule has 0 amide bonds. The zero-order valence-corrected chi connectivity index (χ0v) is 9.57. The number of nitrogens with one attached hydrogen (secondary N) is 1. The number of H-pyrrole nitrogens is 1. The molecule has 0 fully saturated rings. The summed E-state index contributed by atoms with van der Waals surface area (Å²) in [5.41, 5.74) is -0.513. The van der Waals surface area contributed by atoms with Crippen LogP contribution < -0.4 is 11.2 Å². The molecule has 0 atom stereocenters. The predicted molar refractivity (Wildman–Crippen MR) is 60.1 cm³/mol. The van der Waals surface area contributed by atoms with Gasteiger partial charge in [0.05, 0.1) is 5.69 Å². The van der Waals surface area contributed by atoms with Crippen LogP contribution in [0.1, 0.15) is 23.1 Å². The van der Waals surface area contributed by atoms with Crippen LogP contribution in [0.15, 0.2) is 9.59 Å².